The van der Waals surface area contributed by atoms with E-state index in [-0.39, 0.29) is 25.5 Å². The van der Waals surface area contributed by atoms with E-state index in [1.807, 2.05) is 85.1 Å². The Kier molecular flexibility index (Phi) is 8.58. The number of rotatable bonds is 3. The molecule has 1 aliphatic heterocycles. The van der Waals surface area contributed by atoms with Gasteiger partial charge in [-0.2, -0.15) is 0 Å². The van der Waals surface area contributed by atoms with Crippen molar-refractivity contribution in [2.24, 2.45) is 5.41 Å². The largest absolute Gasteiger partial charge is 0.471 e. The summed E-state index contributed by atoms with van der Waals surface area (Å²) >= 11 is 0. The molecule has 0 N–H and O–H groups in total. The van der Waals surface area contributed by atoms with Crippen LogP contribution in [0.5, 0.6) is 23.2 Å². The maximum absolute atomic E-state index is 6.09. The SMILES string of the molecule is Cc1cnc(-c2[c-]ccc3c4c(oc23)Oc2ccccc2O4)cc1CC(C)(C)C.[Ir].[c-]1ccccc1-c1ccccn1. The summed E-state index contributed by atoms with van der Waals surface area (Å²) < 4.78 is 18.1. The van der Waals surface area contributed by atoms with E-state index in [1.165, 1.54) is 11.1 Å². The molecule has 1 aliphatic rings. The fraction of sp³-hybridized carbons (Fsp3) is 0.167. The number of aryl methyl sites for hydroxylation is 1. The van der Waals surface area contributed by atoms with Crippen molar-refractivity contribution in [2.45, 2.75) is 34.1 Å². The van der Waals surface area contributed by atoms with Crippen molar-refractivity contribution in [3.63, 3.8) is 0 Å². The number of fused-ring (bicyclic) bond motifs is 4. The van der Waals surface area contributed by atoms with Gasteiger partial charge in [-0.3, -0.25) is 0 Å². The van der Waals surface area contributed by atoms with Crippen LogP contribution in [0.4, 0.5) is 0 Å². The molecule has 1 radical (unpaired) electrons. The van der Waals surface area contributed by atoms with Gasteiger partial charge in [0.25, 0.3) is 0 Å². The summed E-state index contributed by atoms with van der Waals surface area (Å²) in [5.41, 5.74) is 6.99. The van der Waals surface area contributed by atoms with Gasteiger partial charge in [-0.05, 0) is 59.3 Å². The zero-order valence-electron chi connectivity index (χ0n) is 23.9. The minimum atomic E-state index is 0. The molecule has 7 rings (SSSR count). The van der Waals surface area contributed by atoms with E-state index in [9.17, 15) is 0 Å². The minimum absolute atomic E-state index is 0. The van der Waals surface area contributed by atoms with E-state index < -0.39 is 0 Å². The summed E-state index contributed by atoms with van der Waals surface area (Å²) in [5, 5.41) is 0.850. The Bertz CT molecular complexity index is 1770. The predicted octanol–water partition coefficient (Wildman–Crippen LogP) is 9.64. The molecule has 6 aromatic rings. The van der Waals surface area contributed by atoms with Gasteiger partial charge in [-0.15, -0.1) is 54.1 Å². The molecule has 3 aromatic heterocycles. The van der Waals surface area contributed by atoms with Gasteiger partial charge in [0.15, 0.2) is 17.2 Å². The third kappa shape index (κ3) is 6.30. The number of hydrogen-bond acceptors (Lipinski definition) is 5. The number of nitrogens with zero attached hydrogens (tertiary/aromatic N) is 2. The molecule has 0 spiro atoms. The third-order valence-electron chi connectivity index (χ3n) is 6.68. The maximum Gasteiger partial charge on any atom is 0.325 e. The van der Waals surface area contributed by atoms with Crippen LogP contribution < -0.4 is 9.47 Å². The van der Waals surface area contributed by atoms with E-state index in [4.69, 9.17) is 13.9 Å². The quantitative estimate of drug-likeness (QED) is 0.170. The molecule has 6 heteroatoms. The summed E-state index contributed by atoms with van der Waals surface area (Å²) in [6.45, 7) is 8.83. The van der Waals surface area contributed by atoms with Gasteiger partial charge in [0.2, 0.25) is 0 Å². The molecular formula is C36H30IrN2O3-2. The normalized spacial score (nSPS) is 11.6. The Morgan fingerprint density at radius 1 is 0.786 bits per heavy atom. The van der Waals surface area contributed by atoms with E-state index in [0.29, 0.717) is 28.8 Å². The van der Waals surface area contributed by atoms with Crippen LogP contribution in [-0.2, 0) is 26.5 Å². The van der Waals surface area contributed by atoms with E-state index in [2.05, 4.69) is 55.9 Å². The summed E-state index contributed by atoms with van der Waals surface area (Å²) in [6, 6.07) is 33.6. The van der Waals surface area contributed by atoms with Crippen LogP contribution in [0, 0.1) is 24.5 Å². The fourth-order valence-electron chi connectivity index (χ4n) is 4.74. The molecule has 0 saturated carbocycles. The second kappa shape index (κ2) is 12.3. The molecule has 5 nitrogen and oxygen atoms in total. The smallest absolute Gasteiger partial charge is 0.325 e. The Morgan fingerprint density at radius 3 is 2.26 bits per heavy atom. The predicted molar refractivity (Wildman–Crippen MR) is 161 cm³/mol. The van der Waals surface area contributed by atoms with Gasteiger partial charge >= 0.3 is 5.95 Å². The topological polar surface area (TPSA) is 57.4 Å². The molecule has 0 atom stereocenters. The molecule has 4 heterocycles. The molecule has 0 saturated heterocycles. The van der Waals surface area contributed by atoms with Gasteiger partial charge in [0, 0.05) is 32.5 Å². The first-order chi connectivity index (χ1) is 19.9. The Morgan fingerprint density at radius 2 is 1.55 bits per heavy atom. The van der Waals surface area contributed by atoms with E-state index in [1.54, 1.807) is 6.20 Å². The van der Waals surface area contributed by atoms with E-state index >= 15 is 0 Å². The van der Waals surface area contributed by atoms with Crippen molar-refractivity contribution >= 4 is 11.0 Å². The first-order valence-corrected chi connectivity index (χ1v) is 13.6. The van der Waals surface area contributed by atoms with Crippen LogP contribution in [0.1, 0.15) is 31.9 Å². The third-order valence-corrected chi connectivity index (χ3v) is 6.68. The van der Waals surface area contributed by atoms with Crippen LogP contribution >= 0.6 is 0 Å². The summed E-state index contributed by atoms with van der Waals surface area (Å²) in [6.07, 6.45) is 4.69. The number of hydrogen-bond donors (Lipinski definition) is 0. The number of aromatic nitrogens is 2. The Hall–Kier alpha value is -4.25. The van der Waals surface area contributed by atoms with Crippen molar-refractivity contribution in [1.29, 1.82) is 0 Å². The van der Waals surface area contributed by atoms with Crippen molar-refractivity contribution < 1.29 is 34.0 Å². The van der Waals surface area contributed by atoms with Gasteiger partial charge in [-0.1, -0.05) is 62.2 Å². The first kappa shape index (κ1) is 29.2. The monoisotopic (exact) mass is 731 g/mol. The number of benzene rings is 3. The summed E-state index contributed by atoms with van der Waals surface area (Å²) in [5.74, 6) is 2.28. The molecule has 42 heavy (non-hydrogen) atoms. The molecule has 0 bridgehead atoms. The summed E-state index contributed by atoms with van der Waals surface area (Å²) in [7, 11) is 0. The van der Waals surface area contributed by atoms with Crippen molar-refractivity contribution in [2.75, 3.05) is 0 Å². The first-order valence-electron chi connectivity index (χ1n) is 13.6. The number of pyridine rings is 2. The van der Waals surface area contributed by atoms with Crippen LogP contribution in [0.2, 0.25) is 0 Å². The molecule has 0 fully saturated rings. The molecule has 0 unspecified atom stereocenters. The zero-order chi connectivity index (χ0) is 28.4. The van der Waals surface area contributed by atoms with E-state index in [0.717, 1.165) is 34.3 Å². The van der Waals surface area contributed by atoms with Gasteiger partial charge in [0.05, 0.1) is 5.58 Å². The molecule has 3 aromatic carbocycles. The number of para-hydroxylation sites is 2. The Balaban J connectivity index is 0.000000228. The average Bonchev–Trinajstić information content (AvgIpc) is 3.35. The van der Waals surface area contributed by atoms with Gasteiger partial charge in [-0.25, -0.2) is 0 Å². The minimum Gasteiger partial charge on any atom is -0.471 e. The molecule has 0 amide bonds. The standard InChI is InChI=1S/C25H22NO3.C11H8N.Ir/c1-15-14-26-19(12-16(15)13-25(2,3)4)17-8-7-9-18-22(17)29-24-23(18)27-20-10-5-6-11-21(20)28-24;1-2-6-10(7-3-1)11-8-4-5-9-12-11;/h5-7,9-12,14H,13H2,1-4H3;1-6,8-9H;/q2*-1;. The van der Waals surface area contributed by atoms with Crippen LogP contribution in [-0.4, -0.2) is 9.97 Å². The summed E-state index contributed by atoms with van der Waals surface area (Å²) in [4.78, 5) is 8.88. The van der Waals surface area contributed by atoms with Crippen LogP contribution in [0.15, 0.2) is 102 Å². The molecule has 213 valence electrons. The van der Waals surface area contributed by atoms with Crippen LogP contribution in [0.25, 0.3) is 33.5 Å². The van der Waals surface area contributed by atoms with Crippen molar-refractivity contribution in [1.82, 2.24) is 9.97 Å². The molecular weight excluding hydrogens is 701 g/mol. The maximum atomic E-state index is 6.09. The van der Waals surface area contributed by atoms with Crippen molar-refractivity contribution in [3.8, 4) is 45.7 Å². The molecule has 0 aliphatic carbocycles. The van der Waals surface area contributed by atoms with Gasteiger partial charge in [0.1, 0.15) is 0 Å². The van der Waals surface area contributed by atoms with Crippen molar-refractivity contribution in [3.05, 3.63) is 121 Å². The zero-order valence-corrected chi connectivity index (χ0v) is 26.3. The number of ether oxygens (including phenoxy) is 2. The second-order valence-corrected chi connectivity index (χ2v) is 11.2. The Labute approximate surface area is 259 Å². The number of furan rings is 1. The second-order valence-electron chi connectivity index (χ2n) is 11.2. The van der Waals surface area contributed by atoms with Gasteiger partial charge < -0.3 is 23.9 Å². The average molecular weight is 731 g/mol. The van der Waals surface area contributed by atoms with Crippen LogP contribution in [0.3, 0.4) is 0 Å². The fourth-order valence-corrected chi connectivity index (χ4v) is 4.74.